The van der Waals surface area contributed by atoms with E-state index >= 15 is 0 Å². The Morgan fingerprint density at radius 3 is 2.75 bits per heavy atom. The van der Waals surface area contributed by atoms with E-state index in [-0.39, 0.29) is 5.78 Å². The Balaban J connectivity index is 2.71. The fourth-order valence-electron chi connectivity index (χ4n) is 1.39. The second-order valence-electron chi connectivity index (χ2n) is 3.74. The molecule has 1 rings (SSSR count). The maximum Gasteiger partial charge on any atom is 0.173 e. The second kappa shape index (κ2) is 7.13. The summed E-state index contributed by atoms with van der Waals surface area (Å²) in [5.74, 6) is 1.30. The molecule has 0 aliphatic carbocycles. The summed E-state index contributed by atoms with van der Waals surface area (Å²) in [7, 11) is 0. The highest BCUT2D eigenvalue weighted by Gasteiger charge is 2.06. The quantitative estimate of drug-likeness (QED) is 0.334. The number of ketones is 1. The van der Waals surface area contributed by atoms with E-state index in [0.29, 0.717) is 5.33 Å². The van der Waals surface area contributed by atoms with Crippen molar-refractivity contribution in [1.82, 2.24) is 0 Å². The third-order valence-electron chi connectivity index (χ3n) is 2.37. The van der Waals surface area contributed by atoms with Gasteiger partial charge in [0.1, 0.15) is 0 Å². The fourth-order valence-corrected chi connectivity index (χ4v) is 2.82. The van der Waals surface area contributed by atoms with Gasteiger partial charge >= 0.3 is 0 Å². The number of thioether (sulfide) groups is 1. The number of carbonyl (C=O) groups is 1. The Bertz CT molecular complexity index is 363. The molecule has 3 heteroatoms. The fraction of sp³-hybridized carbons (Fsp3) is 0.462. The molecule has 0 saturated carbocycles. The lowest BCUT2D eigenvalue weighted by Crippen LogP contribution is -2.00. The van der Waals surface area contributed by atoms with Gasteiger partial charge in [-0.3, -0.25) is 4.79 Å². The summed E-state index contributed by atoms with van der Waals surface area (Å²) in [6.07, 6.45) is 2.47. The maximum absolute atomic E-state index is 11.5. The van der Waals surface area contributed by atoms with Crippen molar-refractivity contribution >= 4 is 33.5 Å². The molecular formula is C13H17BrOS. The van der Waals surface area contributed by atoms with Crippen LogP contribution in [0.3, 0.4) is 0 Å². The maximum atomic E-state index is 11.5. The molecule has 1 aromatic carbocycles. The average Bonchev–Trinajstić information content (AvgIpc) is 2.30. The number of Topliss-reactive ketones (excluding diaryl/α,β-unsaturated/α-hetero) is 1. The van der Waals surface area contributed by atoms with Gasteiger partial charge in [0, 0.05) is 10.5 Å². The molecule has 0 aliphatic heterocycles. The molecule has 16 heavy (non-hydrogen) atoms. The Morgan fingerprint density at radius 1 is 1.44 bits per heavy atom. The average molecular weight is 301 g/mol. The standard InChI is InChI=1S/C13H17BrOS/c1-3-4-7-16-13-6-5-11(8-10(13)2)12(15)9-14/h5-6,8H,3-4,7,9H2,1-2H3. The van der Waals surface area contributed by atoms with E-state index in [4.69, 9.17) is 0 Å². The highest BCUT2D eigenvalue weighted by molar-refractivity contribution is 9.09. The van der Waals surface area contributed by atoms with Crippen molar-refractivity contribution in [3.8, 4) is 0 Å². The zero-order valence-electron chi connectivity index (χ0n) is 9.75. The van der Waals surface area contributed by atoms with E-state index in [0.717, 1.165) is 11.3 Å². The molecule has 0 aliphatic rings. The Morgan fingerprint density at radius 2 is 2.19 bits per heavy atom. The van der Waals surface area contributed by atoms with Crippen molar-refractivity contribution in [2.75, 3.05) is 11.1 Å². The van der Waals surface area contributed by atoms with Crippen LogP contribution in [0, 0.1) is 6.92 Å². The van der Waals surface area contributed by atoms with Crippen LogP contribution in [-0.4, -0.2) is 16.9 Å². The van der Waals surface area contributed by atoms with Crippen LogP contribution >= 0.6 is 27.7 Å². The first-order chi connectivity index (χ1) is 7.69. The normalized spacial score (nSPS) is 10.4. The van der Waals surface area contributed by atoms with Gasteiger partial charge in [-0.05, 0) is 36.8 Å². The van der Waals surface area contributed by atoms with Crippen molar-refractivity contribution in [2.24, 2.45) is 0 Å². The smallest absolute Gasteiger partial charge is 0.173 e. The predicted molar refractivity (Wildman–Crippen MR) is 74.9 cm³/mol. The van der Waals surface area contributed by atoms with E-state index < -0.39 is 0 Å². The zero-order chi connectivity index (χ0) is 12.0. The van der Waals surface area contributed by atoms with E-state index in [2.05, 4.69) is 35.8 Å². The molecule has 1 aromatic rings. The van der Waals surface area contributed by atoms with Crippen LogP contribution in [0.4, 0.5) is 0 Å². The van der Waals surface area contributed by atoms with E-state index in [1.807, 2.05) is 23.9 Å². The zero-order valence-corrected chi connectivity index (χ0v) is 12.2. The highest BCUT2D eigenvalue weighted by Crippen LogP contribution is 2.24. The molecule has 0 amide bonds. The van der Waals surface area contributed by atoms with Gasteiger partial charge in [-0.25, -0.2) is 0 Å². The minimum Gasteiger partial charge on any atom is -0.293 e. The van der Waals surface area contributed by atoms with Gasteiger partial charge in [0.15, 0.2) is 5.78 Å². The largest absolute Gasteiger partial charge is 0.293 e. The molecule has 0 unspecified atom stereocenters. The van der Waals surface area contributed by atoms with Crippen LogP contribution in [0.5, 0.6) is 0 Å². The number of halogens is 1. The SMILES string of the molecule is CCCCSc1ccc(C(=O)CBr)cc1C. The summed E-state index contributed by atoms with van der Waals surface area (Å²) in [6, 6.07) is 5.97. The molecule has 0 heterocycles. The van der Waals surface area contributed by atoms with E-state index in [1.54, 1.807) is 0 Å². The Kier molecular flexibility index (Phi) is 6.14. The van der Waals surface area contributed by atoms with Crippen LogP contribution in [0.2, 0.25) is 0 Å². The number of benzene rings is 1. The third-order valence-corrected chi connectivity index (χ3v) is 4.14. The van der Waals surface area contributed by atoms with Crippen molar-refractivity contribution < 1.29 is 4.79 Å². The Hall–Kier alpha value is -0.280. The lowest BCUT2D eigenvalue weighted by Gasteiger charge is -2.06. The van der Waals surface area contributed by atoms with Crippen LogP contribution in [0.15, 0.2) is 23.1 Å². The second-order valence-corrected chi connectivity index (χ2v) is 5.44. The first-order valence-corrected chi connectivity index (χ1v) is 7.62. The number of alkyl halides is 1. The van der Waals surface area contributed by atoms with Crippen LogP contribution in [0.1, 0.15) is 35.7 Å². The summed E-state index contributed by atoms with van der Waals surface area (Å²) in [4.78, 5) is 12.8. The Labute approximate surface area is 110 Å². The summed E-state index contributed by atoms with van der Waals surface area (Å²) in [5.41, 5.74) is 2.00. The van der Waals surface area contributed by atoms with Crippen LogP contribution < -0.4 is 0 Å². The molecule has 1 nitrogen and oxygen atoms in total. The molecule has 0 fully saturated rings. The molecule has 0 radical (unpaired) electrons. The minimum absolute atomic E-state index is 0.146. The summed E-state index contributed by atoms with van der Waals surface area (Å²) >= 11 is 5.07. The van der Waals surface area contributed by atoms with Crippen molar-refractivity contribution in [3.63, 3.8) is 0 Å². The van der Waals surface area contributed by atoms with Gasteiger partial charge in [0.2, 0.25) is 0 Å². The van der Waals surface area contributed by atoms with Gasteiger partial charge in [-0.1, -0.05) is 35.3 Å². The summed E-state index contributed by atoms with van der Waals surface area (Å²) in [5, 5.41) is 0.398. The van der Waals surface area contributed by atoms with Crippen LogP contribution in [0.25, 0.3) is 0 Å². The topological polar surface area (TPSA) is 17.1 Å². The lowest BCUT2D eigenvalue weighted by molar-refractivity contribution is 0.102. The molecular weight excluding hydrogens is 284 g/mol. The number of aryl methyl sites for hydroxylation is 1. The van der Waals surface area contributed by atoms with Gasteiger partial charge in [0.05, 0.1) is 5.33 Å². The monoisotopic (exact) mass is 300 g/mol. The molecule has 0 atom stereocenters. The third kappa shape index (κ3) is 3.95. The lowest BCUT2D eigenvalue weighted by atomic mass is 10.1. The van der Waals surface area contributed by atoms with Gasteiger partial charge in [-0.2, -0.15) is 0 Å². The first-order valence-electron chi connectivity index (χ1n) is 5.51. The molecule has 0 bridgehead atoms. The molecule has 0 N–H and O–H groups in total. The number of hydrogen-bond acceptors (Lipinski definition) is 2. The van der Waals surface area contributed by atoms with Crippen molar-refractivity contribution in [3.05, 3.63) is 29.3 Å². The molecule has 88 valence electrons. The number of hydrogen-bond donors (Lipinski definition) is 0. The van der Waals surface area contributed by atoms with Gasteiger partial charge in [-0.15, -0.1) is 11.8 Å². The highest BCUT2D eigenvalue weighted by atomic mass is 79.9. The molecule has 0 spiro atoms. The van der Waals surface area contributed by atoms with E-state index in [9.17, 15) is 4.79 Å². The molecule has 0 saturated heterocycles. The summed E-state index contributed by atoms with van der Waals surface area (Å²) < 4.78 is 0. The first kappa shape index (κ1) is 13.8. The van der Waals surface area contributed by atoms with Crippen molar-refractivity contribution in [2.45, 2.75) is 31.6 Å². The van der Waals surface area contributed by atoms with Gasteiger partial charge in [0.25, 0.3) is 0 Å². The molecule has 0 aromatic heterocycles. The number of carbonyl (C=O) groups excluding carboxylic acids is 1. The van der Waals surface area contributed by atoms with Crippen LogP contribution in [-0.2, 0) is 0 Å². The minimum atomic E-state index is 0.146. The van der Waals surface area contributed by atoms with Gasteiger partial charge < -0.3 is 0 Å². The number of rotatable bonds is 6. The predicted octanol–water partition coefficient (Wildman–Crippen LogP) is 4.46. The summed E-state index contributed by atoms with van der Waals surface area (Å²) in [6.45, 7) is 4.27. The number of unbranched alkanes of at least 4 members (excludes halogenated alkanes) is 1. The van der Waals surface area contributed by atoms with Crippen molar-refractivity contribution in [1.29, 1.82) is 0 Å². The van der Waals surface area contributed by atoms with E-state index in [1.165, 1.54) is 23.3 Å².